The maximum atomic E-state index is 12.5. The molecule has 0 radical (unpaired) electrons. The van der Waals surface area contributed by atoms with Gasteiger partial charge in [-0.25, -0.2) is 4.79 Å². The second-order valence-electron chi connectivity index (χ2n) is 7.54. The van der Waals surface area contributed by atoms with Crippen LogP contribution in [0.4, 0.5) is 0 Å². The van der Waals surface area contributed by atoms with Crippen LogP contribution >= 0.6 is 0 Å². The molecule has 28 heavy (non-hydrogen) atoms. The second kappa shape index (κ2) is 6.09. The Morgan fingerprint density at radius 1 is 1.18 bits per heavy atom. The molecule has 0 bridgehead atoms. The Morgan fingerprint density at radius 2 is 2.00 bits per heavy atom. The third kappa shape index (κ3) is 2.70. The minimum Gasteiger partial charge on any atom is -0.493 e. The number of fused-ring (bicyclic) bond motifs is 1. The zero-order chi connectivity index (χ0) is 19.4. The topological polar surface area (TPSA) is 80.4 Å². The van der Waals surface area contributed by atoms with Gasteiger partial charge in [0.1, 0.15) is 0 Å². The lowest BCUT2D eigenvalue weighted by Crippen LogP contribution is -2.25. The number of aromatic hydroxyl groups is 1. The largest absolute Gasteiger partial charge is 0.493 e. The normalized spacial score (nSPS) is 15.9. The van der Waals surface area contributed by atoms with Crippen molar-refractivity contribution in [3.05, 3.63) is 69.9 Å². The summed E-state index contributed by atoms with van der Waals surface area (Å²) in [5, 5.41) is 9.64. The first-order chi connectivity index (χ1) is 13.5. The minimum absolute atomic E-state index is 0.0671. The fourth-order valence-corrected chi connectivity index (χ4v) is 3.75. The molecule has 1 N–H and O–H groups in total. The Hall–Kier alpha value is -3.35. The lowest BCUT2D eigenvalue weighted by molar-refractivity contribution is 0.0766. The molecular weight excluding hydrogens is 356 g/mol. The van der Waals surface area contributed by atoms with Gasteiger partial charge in [0.2, 0.25) is 5.88 Å². The van der Waals surface area contributed by atoms with Crippen molar-refractivity contribution in [2.45, 2.75) is 32.0 Å². The first-order valence-corrected chi connectivity index (χ1v) is 9.35. The van der Waals surface area contributed by atoms with Crippen LogP contribution in [0.1, 0.15) is 34.3 Å². The molecule has 7 nitrogen and oxygen atoms in total. The van der Waals surface area contributed by atoms with E-state index in [2.05, 4.69) is 11.1 Å². The summed E-state index contributed by atoms with van der Waals surface area (Å²) in [6.07, 6.45) is 5.37. The molecule has 0 unspecified atom stereocenters. The van der Waals surface area contributed by atoms with Gasteiger partial charge in [0.05, 0.1) is 18.4 Å². The van der Waals surface area contributed by atoms with Gasteiger partial charge in [-0.05, 0) is 42.2 Å². The van der Waals surface area contributed by atoms with Crippen LogP contribution in [-0.2, 0) is 20.1 Å². The number of aromatic nitrogens is 3. The van der Waals surface area contributed by atoms with Crippen LogP contribution in [0.25, 0.3) is 11.3 Å². The molecule has 2 aliphatic rings. The van der Waals surface area contributed by atoms with E-state index in [-0.39, 0.29) is 17.5 Å². The number of nitrogens with zero attached hydrogens (tertiary/aromatic N) is 4. The summed E-state index contributed by atoms with van der Waals surface area (Å²) in [7, 11) is 1.53. The molecule has 3 heterocycles. The zero-order valence-corrected chi connectivity index (χ0v) is 15.5. The molecule has 1 aliphatic carbocycles. The summed E-state index contributed by atoms with van der Waals surface area (Å²) >= 11 is 0. The number of amides is 1. The van der Waals surface area contributed by atoms with E-state index in [0.29, 0.717) is 19.1 Å². The Bertz CT molecular complexity index is 1140. The molecule has 142 valence electrons. The summed E-state index contributed by atoms with van der Waals surface area (Å²) in [4.78, 5) is 31.0. The summed E-state index contributed by atoms with van der Waals surface area (Å²) < 4.78 is 2.64. The van der Waals surface area contributed by atoms with E-state index in [4.69, 9.17) is 0 Å². The van der Waals surface area contributed by atoms with Gasteiger partial charge in [-0.2, -0.15) is 0 Å². The van der Waals surface area contributed by atoms with Crippen molar-refractivity contribution in [1.82, 2.24) is 19.0 Å². The molecule has 1 fully saturated rings. The Labute approximate surface area is 161 Å². The monoisotopic (exact) mass is 376 g/mol. The number of carbonyl (C=O) groups excluding carboxylic acids is 1. The summed E-state index contributed by atoms with van der Waals surface area (Å²) in [5.74, 6) is 0.0754. The molecule has 7 heteroatoms. The number of benzene rings is 1. The molecule has 1 aromatic carbocycles. The van der Waals surface area contributed by atoms with Crippen molar-refractivity contribution in [1.29, 1.82) is 0 Å². The average Bonchev–Trinajstić information content (AvgIpc) is 3.46. The molecule has 1 saturated carbocycles. The number of rotatable bonds is 4. The Morgan fingerprint density at radius 3 is 2.64 bits per heavy atom. The van der Waals surface area contributed by atoms with E-state index in [0.717, 1.165) is 40.8 Å². The molecule has 0 saturated heterocycles. The third-order valence-corrected chi connectivity index (χ3v) is 5.55. The van der Waals surface area contributed by atoms with E-state index in [1.165, 1.54) is 22.4 Å². The summed E-state index contributed by atoms with van der Waals surface area (Å²) in [6.45, 7) is 1.03. The van der Waals surface area contributed by atoms with Gasteiger partial charge in [-0.3, -0.25) is 18.9 Å². The van der Waals surface area contributed by atoms with Crippen LogP contribution in [0, 0.1) is 0 Å². The Balaban J connectivity index is 1.38. The van der Waals surface area contributed by atoms with Gasteiger partial charge >= 0.3 is 5.69 Å². The van der Waals surface area contributed by atoms with E-state index in [1.807, 2.05) is 29.2 Å². The Kier molecular flexibility index (Phi) is 3.65. The maximum absolute atomic E-state index is 12.5. The van der Waals surface area contributed by atoms with Crippen LogP contribution in [0.2, 0.25) is 0 Å². The van der Waals surface area contributed by atoms with Crippen LogP contribution in [0.15, 0.2) is 47.5 Å². The highest BCUT2D eigenvalue weighted by Gasteiger charge is 2.38. The van der Waals surface area contributed by atoms with E-state index >= 15 is 0 Å². The highest BCUT2D eigenvalue weighted by Crippen LogP contribution is 2.35. The van der Waals surface area contributed by atoms with Gasteiger partial charge in [0.15, 0.2) is 0 Å². The van der Waals surface area contributed by atoms with E-state index in [9.17, 15) is 14.7 Å². The third-order valence-electron chi connectivity index (χ3n) is 5.55. The molecule has 1 amide bonds. The molecule has 1 aliphatic heterocycles. The molecule has 2 aromatic heterocycles. The fourth-order valence-electron chi connectivity index (χ4n) is 3.75. The average molecular weight is 376 g/mol. The number of imidazole rings is 1. The van der Waals surface area contributed by atoms with Gasteiger partial charge in [-0.1, -0.05) is 12.1 Å². The second-order valence-corrected chi connectivity index (χ2v) is 7.54. The smallest absolute Gasteiger partial charge is 0.331 e. The lowest BCUT2D eigenvalue weighted by Gasteiger charge is -2.13. The molecule has 3 aromatic rings. The minimum atomic E-state index is -0.273. The van der Waals surface area contributed by atoms with E-state index < -0.39 is 0 Å². The number of hydrogen-bond donors (Lipinski definition) is 1. The van der Waals surface area contributed by atoms with Crippen molar-refractivity contribution < 1.29 is 9.90 Å². The van der Waals surface area contributed by atoms with Crippen molar-refractivity contribution >= 4 is 5.91 Å². The van der Waals surface area contributed by atoms with Gasteiger partial charge in [-0.15, -0.1) is 0 Å². The zero-order valence-electron chi connectivity index (χ0n) is 15.5. The predicted octanol–water partition coefficient (Wildman–Crippen LogP) is 2.12. The molecular formula is C21H20N4O3. The van der Waals surface area contributed by atoms with Crippen molar-refractivity contribution in [2.75, 3.05) is 0 Å². The molecule has 0 spiro atoms. The highest BCUT2D eigenvalue weighted by atomic mass is 16.3. The predicted molar refractivity (Wildman–Crippen MR) is 103 cm³/mol. The van der Waals surface area contributed by atoms with Gasteiger partial charge in [0.25, 0.3) is 5.91 Å². The first-order valence-electron chi connectivity index (χ1n) is 9.35. The highest BCUT2D eigenvalue weighted by molar-refractivity contribution is 5.99. The summed E-state index contributed by atoms with van der Waals surface area (Å²) in [6, 6.07) is 10.2. The van der Waals surface area contributed by atoms with Crippen LogP contribution in [0.3, 0.4) is 0 Å². The van der Waals surface area contributed by atoms with Crippen molar-refractivity contribution in [3.63, 3.8) is 0 Å². The molecule has 0 atom stereocenters. The van der Waals surface area contributed by atoms with Crippen LogP contribution in [-0.4, -0.2) is 36.1 Å². The van der Waals surface area contributed by atoms with Crippen LogP contribution in [0.5, 0.6) is 5.88 Å². The van der Waals surface area contributed by atoms with Crippen molar-refractivity contribution in [2.24, 2.45) is 7.05 Å². The SMILES string of the molecule is Cn1c(O)cn(Cc2ccc(-c3ccc4c(c3)CN(C3CC3)C4=O)nc2)c1=O. The van der Waals surface area contributed by atoms with Crippen LogP contribution < -0.4 is 5.69 Å². The number of carbonyl (C=O) groups is 1. The standard InChI is InChI=1S/C21H20N4O3/c1-23-19(26)12-24(21(23)28)10-13-2-7-18(22-9-13)14-3-6-17-15(8-14)11-25(20(17)27)16-4-5-16/h2-3,6-9,12,16,26H,4-5,10-11H2,1H3. The van der Waals surface area contributed by atoms with E-state index in [1.54, 1.807) is 6.20 Å². The molecule has 5 rings (SSSR count). The van der Waals surface area contributed by atoms with Crippen molar-refractivity contribution in [3.8, 4) is 17.1 Å². The maximum Gasteiger partial charge on any atom is 0.331 e. The quantitative estimate of drug-likeness (QED) is 0.756. The fraction of sp³-hybridized carbons (Fsp3) is 0.286. The summed E-state index contributed by atoms with van der Waals surface area (Å²) in [5.41, 5.74) is 4.26. The van der Waals surface area contributed by atoms with Gasteiger partial charge in [0, 0.05) is 37.0 Å². The first kappa shape index (κ1) is 16.8. The lowest BCUT2D eigenvalue weighted by atomic mass is 10.0. The number of hydrogen-bond acceptors (Lipinski definition) is 4. The number of pyridine rings is 1. The van der Waals surface area contributed by atoms with Gasteiger partial charge < -0.3 is 10.0 Å².